The van der Waals surface area contributed by atoms with E-state index in [0.29, 0.717) is 6.04 Å². The average Bonchev–Trinajstić information content (AvgIpc) is 1.98. The summed E-state index contributed by atoms with van der Waals surface area (Å²) in [6.45, 7) is 10.3. The average molecular weight is 140 g/mol. The van der Waals surface area contributed by atoms with Gasteiger partial charge in [0.05, 0.1) is 0 Å². The van der Waals surface area contributed by atoms with Crippen LogP contribution in [-0.2, 0) is 0 Å². The van der Waals surface area contributed by atoms with Crippen LogP contribution in [-0.4, -0.2) is 19.6 Å². The van der Waals surface area contributed by atoms with Crippen LogP contribution in [0, 0.1) is 0 Å². The largest absolute Gasteiger partial charge is 0.384 e. The second-order valence-electron chi connectivity index (χ2n) is 2.21. The van der Waals surface area contributed by atoms with Crippen molar-refractivity contribution in [1.29, 1.82) is 0 Å². The van der Waals surface area contributed by atoms with Gasteiger partial charge < -0.3 is 10.6 Å². The monoisotopic (exact) mass is 140 g/mol. The maximum absolute atomic E-state index is 3.84. The summed E-state index contributed by atoms with van der Waals surface area (Å²) in [5, 5.41) is 6.19. The van der Waals surface area contributed by atoms with Crippen molar-refractivity contribution >= 4 is 0 Å². The molecule has 0 aromatic rings. The molecule has 1 unspecified atom stereocenters. The minimum atomic E-state index is 0.319. The van der Waals surface area contributed by atoms with Gasteiger partial charge in [0.25, 0.3) is 0 Å². The molecule has 0 saturated carbocycles. The first-order valence-electron chi connectivity index (χ1n) is 3.43. The smallest absolute Gasteiger partial charge is 0.0432 e. The quantitative estimate of drug-likeness (QED) is 0.554. The second kappa shape index (κ2) is 5.06. The highest BCUT2D eigenvalue weighted by Gasteiger charge is 1.99. The molecule has 0 aliphatic rings. The maximum atomic E-state index is 3.84. The molecule has 0 radical (unpaired) electrons. The molecular formula is C8H16N2. The van der Waals surface area contributed by atoms with Gasteiger partial charge in [-0.1, -0.05) is 12.7 Å². The summed E-state index contributed by atoms with van der Waals surface area (Å²) in [5.41, 5.74) is 1.00. The third-order valence-corrected chi connectivity index (χ3v) is 1.43. The Morgan fingerprint density at radius 3 is 2.70 bits per heavy atom. The fourth-order valence-electron chi connectivity index (χ4n) is 0.531. The van der Waals surface area contributed by atoms with E-state index in [1.807, 2.05) is 13.1 Å². The Hall–Kier alpha value is -0.760. The Morgan fingerprint density at radius 1 is 1.70 bits per heavy atom. The highest BCUT2D eigenvalue weighted by Crippen LogP contribution is 1.91. The zero-order valence-corrected chi connectivity index (χ0v) is 6.78. The van der Waals surface area contributed by atoms with Gasteiger partial charge in [0.15, 0.2) is 0 Å². The summed E-state index contributed by atoms with van der Waals surface area (Å²) in [6.07, 6.45) is 1.81. The SMILES string of the molecule is C=CCNC(=C)C(C)NC. The molecular weight excluding hydrogens is 124 g/mol. The molecule has 0 saturated heterocycles. The molecule has 1 atom stereocenters. The first-order valence-corrected chi connectivity index (χ1v) is 3.43. The van der Waals surface area contributed by atoms with Crippen LogP contribution in [0.2, 0.25) is 0 Å². The highest BCUT2D eigenvalue weighted by atomic mass is 15.0. The Balaban J connectivity index is 3.51. The fourth-order valence-corrected chi connectivity index (χ4v) is 0.531. The van der Waals surface area contributed by atoms with Gasteiger partial charge in [-0.3, -0.25) is 0 Å². The van der Waals surface area contributed by atoms with Gasteiger partial charge in [-0.2, -0.15) is 0 Å². The van der Waals surface area contributed by atoms with Crippen molar-refractivity contribution in [3.63, 3.8) is 0 Å². The first kappa shape index (κ1) is 9.24. The second-order valence-corrected chi connectivity index (χ2v) is 2.21. The van der Waals surface area contributed by atoms with Crippen LogP contribution in [0.15, 0.2) is 24.9 Å². The molecule has 0 aliphatic heterocycles. The fraction of sp³-hybridized carbons (Fsp3) is 0.500. The van der Waals surface area contributed by atoms with Crippen LogP contribution in [0.25, 0.3) is 0 Å². The minimum Gasteiger partial charge on any atom is -0.384 e. The van der Waals surface area contributed by atoms with Crippen LogP contribution in [0.5, 0.6) is 0 Å². The molecule has 0 aromatic heterocycles. The van der Waals surface area contributed by atoms with Crippen molar-refractivity contribution in [1.82, 2.24) is 10.6 Å². The lowest BCUT2D eigenvalue weighted by atomic mass is 10.2. The van der Waals surface area contributed by atoms with Crippen molar-refractivity contribution in [3.05, 3.63) is 24.9 Å². The van der Waals surface area contributed by atoms with Crippen molar-refractivity contribution < 1.29 is 0 Å². The lowest BCUT2D eigenvalue weighted by Crippen LogP contribution is -2.30. The van der Waals surface area contributed by atoms with Gasteiger partial charge >= 0.3 is 0 Å². The Morgan fingerprint density at radius 2 is 2.30 bits per heavy atom. The molecule has 0 rings (SSSR count). The summed E-state index contributed by atoms with van der Waals surface area (Å²) in [7, 11) is 1.91. The summed E-state index contributed by atoms with van der Waals surface area (Å²) in [4.78, 5) is 0. The molecule has 2 nitrogen and oxygen atoms in total. The number of rotatable bonds is 5. The number of likely N-dealkylation sites (N-methyl/N-ethyl adjacent to an activating group) is 1. The predicted octanol–water partition coefficient (Wildman–Crippen LogP) is 0.884. The summed E-state index contributed by atoms with van der Waals surface area (Å²) >= 11 is 0. The van der Waals surface area contributed by atoms with Crippen molar-refractivity contribution in [2.75, 3.05) is 13.6 Å². The van der Waals surface area contributed by atoms with Gasteiger partial charge in [-0.05, 0) is 14.0 Å². The molecule has 58 valence electrons. The van der Waals surface area contributed by atoms with E-state index in [1.165, 1.54) is 0 Å². The van der Waals surface area contributed by atoms with Crippen LogP contribution in [0.4, 0.5) is 0 Å². The van der Waals surface area contributed by atoms with Crippen molar-refractivity contribution in [3.8, 4) is 0 Å². The topological polar surface area (TPSA) is 24.1 Å². The third kappa shape index (κ3) is 3.30. The van der Waals surface area contributed by atoms with Gasteiger partial charge in [0, 0.05) is 18.3 Å². The third-order valence-electron chi connectivity index (χ3n) is 1.43. The number of nitrogens with one attached hydrogen (secondary N) is 2. The van der Waals surface area contributed by atoms with E-state index in [0.717, 1.165) is 12.2 Å². The zero-order chi connectivity index (χ0) is 7.98. The van der Waals surface area contributed by atoms with E-state index in [9.17, 15) is 0 Å². The molecule has 2 heteroatoms. The Bertz CT molecular complexity index is 118. The molecule has 0 spiro atoms. The molecule has 0 aromatic carbocycles. The van der Waals surface area contributed by atoms with Gasteiger partial charge in [0.1, 0.15) is 0 Å². The van der Waals surface area contributed by atoms with Crippen LogP contribution < -0.4 is 10.6 Å². The van der Waals surface area contributed by atoms with Gasteiger partial charge in [-0.15, -0.1) is 6.58 Å². The standard InChI is InChI=1S/C8H16N2/c1-5-6-10-8(3)7(2)9-4/h5,7,9-10H,1,3,6H2,2,4H3. The first-order chi connectivity index (χ1) is 4.72. The lowest BCUT2D eigenvalue weighted by molar-refractivity contribution is 0.643. The van der Waals surface area contributed by atoms with Crippen LogP contribution >= 0.6 is 0 Å². The van der Waals surface area contributed by atoms with Gasteiger partial charge in [-0.25, -0.2) is 0 Å². The van der Waals surface area contributed by atoms with E-state index >= 15 is 0 Å². The van der Waals surface area contributed by atoms with Crippen molar-refractivity contribution in [2.45, 2.75) is 13.0 Å². The number of hydrogen-bond donors (Lipinski definition) is 2. The van der Waals surface area contributed by atoms with E-state index in [2.05, 4.69) is 30.7 Å². The van der Waals surface area contributed by atoms with E-state index in [-0.39, 0.29) is 0 Å². The molecule has 0 bridgehead atoms. The molecule has 10 heavy (non-hydrogen) atoms. The number of hydrogen-bond acceptors (Lipinski definition) is 2. The zero-order valence-electron chi connectivity index (χ0n) is 6.78. The van der Waals surface area contributed by atoms with E-state index in [4.69, 9.17) is 0 Å². The van der Waals surface area contributed by atoms with Gasteiger partial charge in [0.2, 0.25) is 0 Å². The molecule has 0 fully saturated rings. The minimum absolute atomic E-state index is 0.319. The van der Waals surface area contributed by atoms with Crippen LogP contribution in [0.1, 0.15) is 6.92 Å². The van der Waals surface area contributed by atoms with Crippen molar-refractivity contribution in [2.24, 2.45) is 0 Å². The molecule has 0 heterocycles. The van der Waals surface area contributed by atoms with E-state index < -0.39 is 0 Å². The summed E-state index contributed by atoms with van der Waals surface area (Å²) in [6, 6.07) is 0.319. The Kier molecular flexibility index (Phi) is 4.67. The summed E-state index contributed by atoms with van der Waals surface area (Å²) < 4.78 is 0. The normalized spacial score (nSPS) is 12.2. The highest BCUT2D eigenvalue weighted by molar-refractivity contribution is 5.01. The molecule has 0 amide bonds. The van der Waals surface area contributed by atoms with E-state index in [1.54, 1.807) is 0 Å². The molecule has 0 aliphatic carbocycles. The molecule has 2 N–H and O–H groups in total. The Labute approximate surface area is 63.0 Å². The van der Waals surface area contributed by atoms with Crippen LogP contribution in [0.3, 0.4) is 0 Å². The maximum Gasteiger partial charge on any atom is 0.0432 e. The predicted molar refractivity (Wildman–Crippen MR) is 45.9 cm³/mol. The summed E-state index contributed by atoms with van der Waals surface area (Å²) in [5.74, 6) is 0. The lowest BCUT2D eigenvalue weighted by Gasteiger charge is -2.14.